The van der Waals surface area contributed by atoms with Crippen molar-refractivity contribution in [2.45, 2.75) is 25.8 Å². The molecule has 3 rings (SSSR count). The van der Waals surface area contributed by atoms with Crippen molar-refractivity contribution in [3.63, 3.8) is 0 Å². The molecule has 0 saturated carbocycles. The number of fused-ring (bicyclic) bond motifs is 1. The first-order chi connectivity index (χ1) is 12.3. The van der Waals surface area contributed by atoms with Crippen LogP contribution in [-0.4, -0.2) is 36.1 Å². The van der Waals surface area contributed by atoms with Crippen molar-refractivity contribution in [2.75, 3.05) is 20.3 Å². The van der Waals surface area contributed by atoms with E-state index in [2.05, 4.69) is 17.1 Å². The minimum atomic E-state index is 0.133. The molecule has 3 aromatic rings. The summed E-state index contributed by atoms with van der Waals surface area (Å²) < 4.78 is 10.5. The van der Waals surface area contributed by atoms with Crippen LogP contribution in [-0.2, 0) is 22.5 Å². The molecule has 1 aromatic carbocycles. The summed E-state index contributed by atoms with van der Waals surface area (Å²) in [6, 6.07) is 12.0. The van der Waals surface area contributed by atoms with Crippen molar-refractivity contribution >= 4 is 16.8 Å². The Hall–Kier alpha value is -2.53. The molecule has 2 aromatic heterocycles. The van der Waals surface area contributed by atoms with E-state index in [4.69, 9.17) is 9.15 Å². The maximum Gasteiger partial charge on any atom is 0.223 e. The summed E-state index contributed by atoms with van der Waals surface area (Å²) in [5.41, 5.74) is 2.40. The van der Waals surface area contributed by atoms with Gasteiger partial charge < -0.3 is 19.0 Å². The molecule has 5 nitrogen and oxygen atoms in total. The summed E-state index contributed by atoms with van der Waals surface area (Å²) >= 11 is 0. The van der Waals surface area contributed by atoms with Gasteiger partial charge in [-0.15, -0.1) is 0 Å². The normalized spacial score (nSPS) is 11.1. The fourth-order valence-electron chi connectivity index (χ4n) is 3.01. The number of hydrogen-bond donors (Lipinski definition) is 1. The lowest BCUT2D eigenvalue weighted by molar-refractivity contribution is -0.132. The summed E-state index contributed by atoms with van der Waals surface area (Å²) in [5.74, 6) is 0.925. The van der Waals surface area contributed by atoms with Crippen molar-refractivity contribution in [1.82, 2.24) is 9.88 Å². The average Bonchev–Trinajstić information content (AvgIpc) is 3.28. The SMILES string of the molecule is COCCN(Cc1ccco1)C(=O)CCCc1c[nH]c2ccccc12. The van der Waals surface area contributed by atoms with E-state index < -0.39 is 0 Å². The third-order valence-corrected chi connectivity index (χ3v) is 4.36. The molecule has 2 heterocycles. The van der Waals surface area contributed by atoms with Gasteiger partial charge in [0.15, 0.2) is 0 Å². The molecule has 25 heavy (non-hydrogen) atoms. The van der Waals surface area contributed by atoms with Crippen molar-refractivity contribution in [3.8, 4) is 0 Å². The van der Waals surface area contributed by atoms with Crippen LogP contribution in [0.4, 0.5) is 0 Å². The van der Waals surface area contributed by atoms with Crippen molar-refractivity contribution in [1.29, 1.82) is 0 Å². The summed E-state index contributed by atoms with van der Waals surface area (Å²) in [6.45, 7) is 1.58. The van der Waals surface area contributed by atoms with Gasteiger partial charge in [-0.2, -0.15) is 0 Å². The number of furan rings is 1. The largest absolute Gasteiger partial charge is 0.467 e. The Balaban J connectivity index is 1.55. The quantitative estimate of drug-likeness (QED) is 0.645. The van der Waals surface area contributed by atoms with Gasteiger partial charge >= 0.3 is 0 Å². The van der Waals surface area contributed by atoms with Crippen LogP contribution in [0.15, 0.2) is 53.3 Å². The first-order valence-corrected chi connectivity index (χ1v) is 8.62. The molecule has 0 radical (unpaired) electrons. The van der Waals surface area contributed by atoms with E-state index in [1.165, 1.54) is 10.9 Å². The first kappa shape index (κ1) is 17.3. The van der Waals surface area contributed by atoms with Crippen LogP contribution in [0, 0.1) is 0 Å². The van der Waals surface area contributed by atoms with E-state index in [-0.39, 0.29) is 5.91 Å². The van der Waals surface area contributed by atoms with E-state index in [1.54, 1.807) is 18.3 Å². The molecule has 1 amide bonds. The highest BCUT2D eigenvalue weighted by atomic mass is 16.5. The second kappa shape index (κ2) is 8.53. The van der Waals surface area contributed by atoms with Gasteiger partial charge in [0.1, 0.15) is 5.76 Å². The molecule has 0 spiro atoms. The van der Waals surface area contributed by atoms with Gasteiger partial charge in [-0.05, 0) is 36.6 Å². The molecule has 0 unspecified atom stereocenters. The Kier molecular flexibility index (Phi) is 5.90. The molecule has 0 aliphatic heterocycles. The molecule has 0 bridgehead atoms. The number of rotatable bonds is 9. The number of aromatic nitrogens is 1. The number of nitrogens with one attached hydrogen (secondary N) is 1. The molecule has 0 aliphatic rings. The first-order valence-electron chi connectivity index (χ1n) is 8.62. The lowest BCUT2D eigenvalue weighted by atomic mass is 10.1. The molecule has 5 heteroatoms. The van der Waals surface area contributed by atoms with Gasteiger partial charge in [-0.3, -0.25) is 4.79 Å². The van der Waals surface area contributed by atoms with Gasteiger partial charge in [0.2, 0.25) is 5.91 Å². The summed E-state index contributed by atoms with van der Waals surface area (Å²) in [5, 5.41) is 1.24. The van der Waals surface area contributed by atoms with Gasteiger partial charge in [0.25, 0.3) is 0 Å². The molecular weight excluding hydrogens is 316 g/mol. The number of nitrogens with zero attached hydrogens (tertiary/aromatic N) is 1. The zero-order valence-corrected chi connectivity index (χ0v) is 14.5. The molecule has 0 atom stereocenters. The molecule has 132 valence electrons. The minimum absolute atomic E-state index is 0.133. The Bertz CT molecular complexity index is 792. The predicted octanol–water partition coefficient (Wildman–Crippen LogP) is 3.76. The Morgan fingerprint density at radius 3 is 2.92 bits per heavy atom. The number of carbonyl (C=O) groups excluding carboxylic acids is 1. The van der Waals surface area contributed by atoms with E-state index in [0.29, 0.717) is 26.1 Å². The highest BCUT2D eigenvalue weighted by molar-refractivity contribution is 5.83. The third kappa shape index (κ3) is 4.51. The number of aryl methyl sites for hydroxylation is 1. The van der Waals surface area contributed by atoms with Crippen LogP contribution < -0.4 is 0 Å². The number of amides is 1. The van der Waals surface area contributed by atoms with E-state index in [1.807, 2.05) is 30.5 Å². The van der Waals surface area contributed by atoms with Crippen LogP contribution in [0.5, 0.6) is 0 Å². The molecule has 1 N–H and O–H groups in total. The maximum absolute atomic E-state index is 12.6. The molecule has 0 saturated heterocycles. The van der Waals surface area contributed by atoms with Gasteiger partial charge in [0, 0.05) is 37.2 Å². The third-order valence-electron chi connectivity index (χ3n) is 4.36. The number of benzene rings is 1. The van der Waals surface area contributed by atoms with Crippen LogP contribution in [0.1, 0.15) is 24.2 Å². The Morgan fingerprint density at radius 2 is 2.12 bits per heavy atom. The number of aromatic amines is 1. The number of para-hydroxylation sites is 1. The zero-order valence-electron chi connectivity index (χ0n) is 14.5. The summed E-state index contributed by atoms with van der Waals surface area (Å²) in [7, 11) is 1.65. The number of ether oxygens (including phenoxy) is 1. The number of H-pyrrole nitrogens is 1. The highest BCUT2D eigenvalue weighted by Crippen LogP contribution is 2.19. The zero-order chi connectivity index (χ0) is 17.5. The van der Waals surface area contributed by atoms with Gasteiger partial charge in [-0.1, -0.05) is 18.2 Å². The number of methoxy groups -OCH3 is 1. The maximum atomic E-state index is 12.6. The van der Waals surface area contributed by atoms with Crippen molar-refractivity contribution in [3.05, 3.63) is 60.2 Å². The minimum Gasteiger partial charge on any atom is -0.467 e. The van der Waals surface area contributed by atoms with Gasteiger partial charge in [-0.25, -0.2) is 0 Å². The van der Waals surface area contributed by atoms with E-state index in [0.717, 1.165) is 24.1 Å². The summed E-state index contributed by atoms with van der Waals surface area (Å²) in [4.78, 5) is 17.7. The van der Waals surface area contributed by atoms with Crippen LogP contribution in [0.3, 0.4) is 0 Å². The smallest absolute Gasteiger partial charge is 0.223 e. The second-order valence-corrected chi connectivity index (χ2v) is 6.10. The van der Waals surface area contributed by atoms with Crippen LogP contribution in [0.25, 0.3) is 10.9 Å². The second-order valence-electron chi connectivity index (χ2n) is 6.10. The topological polar surface area (TPSA) is 58.5 Å². The Labute approximate surface area is 147 Å². The lowest BCUT2D eigenvalue weighted by Crippen LogP contribution is -2.33. The number of hydrogen-bond acceptors (Lipinski definition) is 3. The van der Waals surface area contributed by atoms with Crippen molar-refractivity contribution < 1.29 is 13.9 Å². The van der Waals surface area contributed by atoms with E-state index in [9.17, 15) is 4.79 Å². The fraction of sp³-hybridized carbons (Fsp3) is 0.350. The molecular formula is C20H24N2O3. The highest BCUT2D eigenvalue weighted by Gasteiger charge is 2.15. The standard InChI is InChI=1S/C20H24N2O3/c1-24-13-11-22(15-17-7-5-12-25-17)20(23)10-4-6-16-14-21-19-9-3-2-8-18(16)19/h2-3,5,7-9,12,14,21H,4,6,10-11,13,15H2,1H3. The van der Waals surface area contributed by atoms with Crippen LogP contribution in [0.2, 0.25) is 0 Å². The Morgan fingerprint density at radius 1 is 1.24 bits per heavy atom. The predicted molar refractivity (Wildman–Crippen MR) is 97.2 cm³/mol. The molecule has 0 fully saturated rings. The monoisotopic (exact) mass is 340 g/mol. The fourth-order valence-corrected chi connectivity index (χ4v) is 3.01. The summed E-state index contributed by atoms with van der Waals surface area (Å²) in [6.07, 6.45) is 5.90. The number of carbonyl (C=O) groups is 1. The van der Waals surface area contributed by atoms with Crippen molar-refractivity contribution in [2.24, 2.45) is 0 Å². The molecule has 0 aliphatic carbocycles. The average molecular weight is 340 g/mol. The lowest BCUT2D eigenvalue weighted by Gasteiger charge is -2.21. The van der Waals surface area contributed by atoms with E-state index >= 15 is 0 Å². The van der Waals surface area contributed by atoms with Gasteiger partial charge in [0.05, 0.1) is 19.4 Å². The van der Waals surface area contributed by atoms with Crippen LogP contribution >= 0.6 is 0 Å².